The van der Waals surface area contributed by atoms with E-state index >= 15 is 0 Å². The predicted octanol–water partition coefficient (Wildman–Crippen LogP) is 2.92. The van der Waals surface area contributed by atoms with Crippen LogP contribution in [0.2, 0.25) is 0 Å². The van der Waals surface area contributed by atoms with Crippen molar-refractivity contribution in [3.8, 4) is 0 Å². The normalized spacial score (nSPS) is 10.1. The standard InChI is InChI=1S/C14H11F2N3O3/c15-10-6-5-9(7-11(10)16)18-14(20)8-17-12-3-1-2-4-13(12)19(21)22/h1-7,17H,8H2,(H,18,20). The fourth-order valence-corrected chi connectivity index (χ4v) is 1.74. The quantitative estimate of drug-likeness (QED) is 0.657. The van der Waals surface area contributed by atoms with Crippen LogP contribution in [-0.2, 0) is 4.79 Å². The summed E-state index contributed by atoms with van der Waals surface area (Å²) < 4.78 is 25.8. The van der Waals surface area contributed by atoms with E-state index in [4.69, 9.17) is 0 Å². The number of hydrogen-bond acceptors (Lipinski definition) is 4. The number of nitrogens with one attached hydrogen (secondary N) is 2. The smallest absolute Gasteiger partial charge is 0.292 e. The number of nitrogens with zero attached hydrogens (tertiary/aromatic N) is 1. The first-order valence-corrected chi connectivity index (χ1v) is 6.19. The summed E-state index contributed by atoms with van der Waals surface area (Å²) in [5.41, 5.74) is 0.115. The Bertz CT molecular complexity index is 722. The molecule has 2 aromatic carbocycles. The number of nitro groups is 1. The van der Waals surface area contributed by atoms with Crippen LogP contribution >= 0.6 is 0 Å². The van der Waals surface area contributed by atoms with Crippen LogP contribution in [0.1, 0.15) is 0 Å². The van der Waals surface area contributed by atoms with Crippen LogP contribution in [0.25, 0.3) is 0 Å². The molecule has 0 aliphatic rings. The maximum atomic E-state index is 13.0. The van der Waals surface area contributed by atoms with Crippen molar-refractivity contribution in [1.82, 2.24) is 0 Å². The second kappa shape index (κ2) is 6.61. The summed E-state index contributed by atoms with van der Waals surface area (Å²) in [5.74, 6) is -2.65. The van der Waals surface area contributed by atoms with Gasteiger partial charge in [0.15, 0.2) is 11.6 Å². The van der Waals surface area contributed by atoms with Crippen molar-refractivity contribution < 1.29 is 18.5 Å². The number of rotatable bonds is 5. The van der Waals surface area contributed by atoms with Crippen LogP contribution in [0, 0.1) is 21.7 Å². The van der Waals surface area contributed by atoms with Gasteiger partial charge in [0.1, 0.15) is 5.69 Å². The number of anilines is 2. The fraction of sp³-hybridized carbons (Fsp3) is 0.0714. The molecule has 0 aromatic heterocycles. The largest absolute Gasteiger partial charge is 0.371 e. The number of hydrogen-bond donors (Lipinski definition) is 2. The van der Waals surface area contributed by atoms with Crippen LogP contribution in [0.4, 0.5) is 25.8 Å². The zero-order chi connectivity index (χ0) is 16.1. The van der Waals surface area contributed by atoms with E-state index in [0.717, 1.165) is 12.1 Å². The number of para-hydroxylation sites is 2. The minimum atomic E-state index is -1.08. The molecule has 1 amide bonds. The lowest BCUT2D eigenvalue weighted by atomic mass is 10.2. The molecule has 0 atom stereocenters. The minimum Gasteiger partial charge on any atom is -0.371 e. The van der Waals surface area contributed by atoms with E-state index in [9.17, 15) is 23.7 Å². The molecule has 8 heteroatoms. The number of nitro benzene ring substituents is 1. The van der Waals surface area contributed by atoms with E-state index in [0.29, 0.717) is 0 Å². The molecule has 0 fully saturated rings. The van der Waals surface area contributed by atoms with Crippen molar-refractivity contribution in [2.24, 2.45) is 0 Å². The van der Waals surface area contributed by atoms with Crippen molar-refractivity contribution in [2.75, 3.05) is 17.2 Å². The van der Waals surface area contributed by atoms with E-state index in [-0.39, 0.29) is 23.6 Å². The molecule has 0 aliphatic carbocycles. The van der Waals surface area contributed by atoms with Crippen molar-refractivity contribution in [2.45, 2.75) is 0 Å². The lowest BCUT2D eigenvalue weighted by molar-refractivity contribution is -0.383. The van der Waals surface area contributed by atoms with Crippen LogP contribution in [0.15, 0.2) is 42.5 Å². The third-order valence-electron chi connectivity index (χ3n) is 2.74. The molecule has 114 valence electrons. The van der Waals surface area contributed by atoms with Gasteiger partial charge in [-0.1, -0.05) is 12.1 Å². The third kappa shape index (κ3) is 3.75. The third-order valence-corrected chi connectivity index (χ3v) is 2.74. The number of carbonyl (C=O) groups excluding carboxylic acids is 1. The predicted molar refractivity (Wildman–Crippen MR) is 76.6 cm³/mol. The highest BCUT2D eigenvalue weighted by Crippen LogP contribution is 2.22. The van der Waals surface area contributed by atoms with Gasteiger partial charge in [-0.25, -0.2) is 8.78 Å². The Hall–Kier alpha value is -3.03. The van der Waals surface area contributed by atoms with Gasteiger partial charge < -0.3 is 10.6 Å². The molecule has 6 nitrogen and oxygen atoms in total. The fourth-order valence-electron chi connectivity index (χ4n) is 1.74. The monoisotopic (exact) mass is 307 g/mol. The Morgan fingerprint density at radius 3 is 2.55 bits per heavy atom. The molecule has 0 saturated carbocycles. The molecule has 0 heterocycles. The Labute approximate surface area is 123 Å². The molecular weight excluding hydrogens is 296 g/mol. The molecule has 0 radical (unpaired) electrons. The van der Waals surface area contributed by atoms with Gasteiger partial charge in [0.05, 0.1) is 11.5 Å². The van der Waals surface area contributed by atoms with Gasteiger partial charge in [-0.05, 0) is 18.2 Å². The van der Waals surface area contributed by atoms with Gasteiger partial charge in [0.2, 0.25) is 5.91 Å². The average Bonchev–Trinajstić information content (AvgIpc) is 2.49. The lowest BCUT2D eigenvalue weighted by Crippen LogP contribution is -2.22. The highest BCUT2D eigenvalue weighted by Gasteiger charge is 2.13. The number of benzene rings is 2. The molecule has 0 unspecified atom stereocenters. The van der Waals surface area contributed by atoms with Gasteiger partial charge in [-0.2, -0.15) is 0 Å². The lowest BCUT2D eigenvalue weighted by Gasteiger charge is -2.08. The van der Waals surface area contributed by atoms with E-state index in [1.165, 1.54) is 24.3 Å². The first-order valence-electron chi connectivity index (χ1n) is 6.19. The molecular formula is C14H11F2N3O3. The number of amides is 1. The first-order chi connectivity index (χ1) is 10.5. The zero-order valence-electron chi connectivity index (χ0n) is 11.2. The van der Waals surface area contributed by atoms with Crippen LogP contribution in [0.5, 0.6) is 0 Å². The minimum absolute atomic E-state index is 0.0910. The van der Waals surface area contributed by atoms with Gasteiger partial charge in [0, 0.05) is 17.8 Å². The summed E-state index contributed by atoms with van der Waals surface area (Å²) in [5, 5.41) is 15.8. The summed E-state index contributed by atoms with van der Waals surface area (Å²) in [4.78, 5) is 21.9. The highest BCUT2D eigenvalue weighted by atomic mass is 19.2. The van der Waals surface area contributed by atoms with Gasteiger partial charge in [-0.15, -0.1) is 0 Å². The SMILES string of the molecule is O=C(CNc1ccccc1[N+](=O)[O-])Nc1ccc(F)c(F)c1. The Morgan fingerprint density at radius 2 is 1.86 bits per heavy atom. The zero-order valence-corrected chi connectivity index (χ0v) is 11.2. The van der Waals surface area contributed by atoms with Crippen molar-refractivity contribution >= 4 is 23.0 Å². The summed E-state index contributed by atoms with van der Waals surface area (Å²) in [6, 6.07) is 8.80. The van der Waals surface area contributed by atoms with E-state index in [2.05, 4.69) is 10.6 Å². The van der Waals surface area contributed by atoms with Crippen molar-refractivity contribution in [3.05, 3.63) is 64.2 Å². The molecule has 2 rings (SSSR count). The molecule has 0 bridgehead atoms. The Kier molecular flexibility index (Phi) is 4.62. The summed E-state index contributed by atoms with van der Waals surface area (Å²) in [6.07, 6.45) is 0. The summed E-state index contributed by atoms with van der Waals surface area (Å²) in [6.45, 7) is -0.260. The number of carbonyl (C=O) groups is 1. The van der Waals surface area contributed by atoms with Crippen LogP contribution < -0.4 is 10.6 Å². The van der Waals surface area contributed by atoms with Crippen molar-refractivity contribution in [3.63, 3.8) is 0 Å². The molecule has 2 N–H and O–H groups in total. The Balaban J connectivity index is 1.98. The summed E-state index contributed by atoms with van der Waals surface area (Å²) >= 11 is 0. The van der Waals surface area contributed by atoms with Gasteiger partial charge in [0.25, 0.3) is 5.69 Å². The van der Waals surface area contributed by atoms with Gasteiger partial charge in [-0.3, -0.25) is 14.9 Å². The number of halogens is 2. The maximum Gasteiger partial charge on any atom is 0.292 e. The van der Waals surface area contributed by atoms with Gasteiger partial charge >= 0.3 is 0 Å². The Morgan fingerprint density at radius 1 is 1.14 bits per heavy atom. The molecule has 0 saturated heterocycles. The highest BCUT2D eigenvalue weighted by molar-refractivity contribution is 5.94. The van der Waals surface area contributed by atoms with Crippen molar-refractivity contribution in [1.29, 1.82) is 0 Å². The molecule has 0 aliphatic heterocycles. The van der Waals surface area contributed by atoms with Crippen LogP contribution in [0.3, 0.4) is 0 Å². The van der Waals surface area contributed by atoms with E-state index in [1.807, 2.05) is 0 Å². The molecule has 22 heavy (non-hydrogen) atoms. The van der Waals surface area contributed by atoms with E-state index < -0.39 is 22.5 Å². The van der Waals surface area contributed by atoms with Crippen LogP contribution in [-0.4, -0.2) is 17.4 Å². The molecule has 0 spiro atoms. The second-order valence-electron chi connectivity index (χ2n) is 4.30. The van der Waals surface area contributed by atoms with E-state index in [1.54, 1.807) is 6.07 Å². The summed E-state index contributed by atoms with van der Waals surface area (Å²) in [7, 11) is 0. The maximum absolute atomic E-state index is 13.0. The topological polar surface area (TPSA) is 84.3 Å². The molecule has 2 aromatic rings. The first kappa shape index (κ1) is 15.4. The average molecular weight is 307 g/mol. The second-order valence-corrected chi connectivity index (χ2v) is 4.30.